The number of hydrogen-bond acceptors (Lipinski definition) is 5. The van der Waals surface area contributed by atoms with Gasteiger partial charge in [0.2, 0.25) is 0 Å². The van der Waals surface area contributed by atoms with Crippen molar-refractivity contribution in [3.05, 3.63) is 12.2 Å². The highest BCUT2D eigenvalue weighted by atomic mass is 16.5. The summed E-state index contributed by atoms with van der Waals surface area (Å²) in [6, 6.07) is 0.915. The molecule has 5 unspecified atom stereocenters. The first-order chi connectivity index (χ1) is 13.7. The van der Waals surface area contributed by atoms with Crippen LogP contribution in [0.3, 0.4) is 0 Å². The molecule has 6 saturated carbocycles. The van der Waals surface area contributed by atoms with Crippen molar-refractivity contribution in [3.8, 4) is 0 Å². The summed E-state index contributed by atoms with van der Waals surface area (Å²) in [5.41, 5.74) is 1.22. The highest BCUT2D eigenvalue weighted by Crippen LogP contribution is 2.87. The summed E-state index contributed by atoms with van der Waals surface area (Å²) >= 11 is 0. The smallest absolute Gasteiger partial charge is 0.308 e. The van der Waals surface area contributed by atoms with Crippen LogP contribution in [0.5, 0.6) is 0 Å². The highest BCUT2D eigenvalue weighted by Gasteiger charge is 2.90. The summed E-state index contributed by atoms with van der Waals surface area (Å²) in [4.78, 5) is 15.4. The number of aliphatic hydroxyl groups is 2. The van der Waals surface area contributed by atoms with E-state index < -0.39 is 6.10 Å². The number of fused-ring (bicyclic) bond motifs is 1. The second-order valence-electron chi connectivity index (χ2n) is 12.3. The molecule has 5 heteroatoms. The van der Waals surface area contributed by atoms with Crippen LogP contribution in [-0.2, 0) is 9.53 Å². The molecule has 0 amide bonds. The van der Waals surface area contributed by atoms with E-state index in [9.17, 15) is 15.0 Å². The zero-order valence-corrected chi connectivity index (χ0v) is 17.7. The lowest BCUT2D eigenvalue weighted by Crippen LogP contribution is -2.68. The Bertz CT molecular complexity index is 856. The highest BCUT2D eigenvalue weighted by molar-refractivity contribution is 5.72. The molecule has 2 N–H and O–H groups in total. The van der Waals surface area contributed by atoms with Gasteiger partial charge in [-0.25, -0.2) is 0 Å². The molecule has 9 rings (SSSR count). The molecule has 0 aromatic carbocycles. The Balaban J connectivity index is 1.43. The van der Waals surface area contributed by atoms with Gasteiger partial charge in [0.05, 0.1) is 18.1 Å². The zero-order chi connectivity index (χ0) is 20.2. The van der Waals surface area contributed by atoms with Crippen molar-refractivity contribution >= 4 is 5.97 Å². The van der Waals surface area contributed by atoms with Crippen LogP contribution >= 0.6 is 0 Å². The van der Waals surface area contributed by atoms with Crippen molar-refractivity contribution in [2.75, 3.05) is 6.54 Å². The third kappa shape index (κ3) is 1.57. The average Bonchev–Trinajstić information content (AvgIpc) is 3.02. The second-order valence-corrected chi connectivity index (χ2v) is 12.3. The van der Waals surface area contributed by atoms with Gasteiger partial charge in [-0.2, -0.15) is 0 Å². The maximum atomic E-state index is 12.7. The third-order valence-corrected chi connectivity index (χ3v) is 10.8. The van der Waals surface area contributed by atoms with Crippen LogP contribution < -0.4 is 0 Å². The number of piperidine rings is 2. The van der Waals surface area contributed by atoms with E-state index in [0.29, 0.717) is 18.0 Å². The Kier molecular flexibility index (Phi) is 2.93. The molecule has 9 bridgehead atoms. The predicted octanol–water partition coefficient (Wildman–Crippen LogP) is 1.97. The number of rotatable bonds is 2. The van der Waals surface area contributed by atoms with Crippen molar-refractivity contribution in [2.24, 2.45) is 45.8 Å². The SMILES string of the molecule is C=C1C[C@]23C[C@H]4C5[C@@]6(C)C[C@H](O)C[C@]57C(C2[C@H](OC(=O)C(C)C)[C@H]1[C@@H](O)C37)N4C6. The third-order valence-electron chi connectivity index (χ3n) is 10.8. The summed E-state index contributed by atoms with van der Waals surface area (Å²) in [6.45, 7) is 11.6. The number of aliphatic hydroxyl groups excluding tert-OH is 2. The van der Waals surface area contributed by atoms with E-state index in [-0.39, 0.29) is 58.1 Å². The number of hydrogen-bond donors (Lipinski definition) is 2. The molecular formula is C24H33NO4. The first-order valence-electron chi connectivity index (χ1n) is 11.7. The monoisotopic (exact) mass is 399 g/mol. The van der Waals surface area contributed by atoms with Gasteiger partial charge in [-0.15, -0.1) is 0 Å². The van der Waals surface area contributed by atoms with Crippen molar-refractivity contribution in [1.29, 1.82) is 0 Å². The number of carbonyl (C=O) groups excluding carboxylic acids is 1. The molecule has 3 heterocycles. The Morgan fingerprint density at radius 2 is 2.00 bits per heavy atom. The van der Waals surface area contributed by atoms with Crippen molar-refractivity contribution in [3.63, 3.8) is 0 Å². The normalized spacial score (nSPS) is 65.0. The van der Waals surface area contributed by atoms with E-state index in [2.05, 4.69) is 18.4 Å². The van der Waals surface area contributed by atoms with E-state index in [0.717, 1.165) is 37.8 Å². The molecule has 0 aromatic heterocycles. The fraction of sp³-hybridized carbons (Fsp3) is 0.875. The molecule has 6 aliphatic carbocycles. The molecule has 3 saturated heterocycles. The molecule has 0 radical (unpaired) electrons. The molecule has 13 atom stereocenters. The fourth-order valence-electron chi connectivity index (χ4n) is 11.1. The molecular weight excluding hydrogens is 366 g/mol. The van der Waals surface area contributed by atoms with Gasteiger partial charge in [-0.3, -0.25) is 9.69 Å². The maximum absolute atomic E-state index is 12.7. The van der Waals surface area contributed by atoms with E-state index in [1.165, 1.54) is 0 Å². The molecule has 9 fully saturated rings. The lowest BCUT2D eigenvalue weighted by molar-refractivity contribution is -0.223. The van der Waals surface area contributed by atoms with Crippen molar-refractivity contribution in [2.45, 2.75) is 76.9 Å². The number of carbonyl (C=O) groups is 1. The first-order valence-corrected chi connectivity index (χ1v) is 11.7. The van der Waals surface area contributed by atoms with Gasteiger partial charge in [0.1, 0.15) is 6.10 Å². The molecule has 9 aliphatic rings. The molecule has 29 heavy (non-hydrogen) atoms. The molecule has 5 nitrogen and oxygen atoms in total. The Labute approximate surface area is 172 Å². The van der Waals surface area contributed by atoms with Gasteiger partial charge in [-0.05, 0) is 53.8 Å². The summed E-state index contributed by atoms with van der Waals surface area (Å²) in [7, 11) is 0. The van der Waals surface area contributed by atoms with Gasteiger partial charge >= 0.3 is 5.97 Å². The second kappa shape index (κ2) is 4.78. The molecule has 3 aliphatic heterocycles. The van der Waals surface area contributed by atoms with Gasteiger partial charge in [-0.1, -0.05) is 32.9 Å². The maximum Gasteiger partial charge on any atom is 0.308 e. The minimum Gasteiger partial charge on any atom is -0.461 e. The van der Waals surface area contributed by atoms with Crippen LogP contribution in [0, 0.1) is 45.8 Å². The van der Waals surface area contributed by atoms with Crippen molar-refractivity contribution < 1.29 is 19.7 Å². The molecule has 2 spiro atoms. The van der Waals surface area contributed by atoms with Gasteiger partial charge in [0.15, 0.2) is 0 Å². The summed E-state index contributed by atoms with van der Waals surface area (Å²) in [5, 5.41) is 22.7. The van der Waals surface area contributed by atoms with Crippen molar-refractivity contribution in [1.82, 2.24) is 4.90 Å². The molecule has 158 valence electrons. The van der Waals surface area contributed by atoms with Crippen LogP contribution in [0.25, 0.3) is 0 Å². The van der Waals surface area contributed by atoms with Gasteiger partial charge < -0.3 is 14.9 Å². The van der Waals surface area contributed by atoms with Crippen LogP contribution in [0.15, 0.2) is 12.2 Å². The minimum absolute atomic E-state index is 0.00216. The lowest BCUT2D eigenvalue weighted by Gasteiger charge is -2.66. The molecule has 0 aromatic rings. The van der Waals surface area contributed by atoms with Crippen LogP contribution in [0.4, 0.5) is 0 Å². The quantitative estimate of drug-likeness (QED) is 0.549. The van der Waals surface area contributed by atoms with Crippen LogP contribution in [0.2, 0.25) is 0 Å². The standard InChI is InChI=1S/C24H33NO4/c1-10(2)21(28)29-17-14-11(3)5-23-8-13-18-22(4)6-12(26)7-24(18,19(23)16(14)27)20(15(17)23)25(13)9-22/h10,12-20,26-27H,3,5-9H2,1-2,4H3/t12-,13-,14+,15?,16+,17+,18?,19?,20?,22-,23-,24-/m0/s1. The Morgan fingerprint density at radius 1 is 1.24 bits per heavy atom. The van der Waals surface area contributed by atoms with Gasteiger partial charge in [0.25, 0.3) is 0 Å². The summed E-state index contributed by atoms with van der Waals surface area (Å²) in [5.74, 6) is 0.600. The number of nitrogens with zero attached hydrogens (tertiary/aromatic N) is 1. The largest absolute Gasteiger partial charge is 0.461 e. The van der Waals surface area contributed by atoms with E-state index in [1.807, 2.05) is 13.8 Å². The fourth-order valence-corrected chi connectivity index (χ4v) is 11.1. The number of esters is 1. The van der Waals surface area contributed by atoms with Crippen LogP contribution in [0.1, 0.15) is 46.5 Å². The van der Waals surface area contributed by atoms with E-state index >= 15 is 0 Å². The Hall–Kier alpha value is -0.910. The van der Waals surface area contributed by atoms with Gasteiger partial charge in [0, 0.05) is 30.5 Å². The topological polar surface area (TPSA) is 70.0 Å². The zero-order valence-electron chi connectivity index (χ0n) is 17.7. The Morgan fingerprint density at radius 3 is 2.72 bits per heavy atom. The van der Waals surface area contributed by atoms with E-state index in [4.69, 9.17) is 4.74 Å². The predicted molar refractivity (Wildman–Crippen MR) is 106 cm³/mol. The van der Waals surface area contributed by atoms with E-state index in [1.54, 1.807) is 0 Å². The average molecular weight is 400 g/mol. The summed E-state index contributed by atoms with van der Waals surface area (Å²) < 4.78 is 6.20. The lowest BCUT2D eigenvalue weighted by atomic mass is 9.39. The van der Waals surface area contributed by atoms with Crippen LogP contribution in [-0.4, -0.2) is 58.0 Å². The summed E-state index contributed by atoms with van der Waals surface area (Å²) in [6.07, 6.45) is 2.75. The first kappa shape index (κ1) is 17.7. The number of ether oxygens (including phenoxy) is 1. The minimum atomic E-state index is -0.501.